The minimum absolute atomic E-state index is 0.141. The number of aromatic nitrogens is 1. The number of nitrogens with one attached hydrogen (secondary N) is 1. The Morgan fingerprint density at radius 3 is 2.61 bits per heavy atom. The molecule has 4 fully saturated rings. The van der Waals surface area contributed by atoms with Gasteiger partial charge in [-0.3, -0.25) is 4.79 Å². The molecular formula is C24H30N2OS. The van der Waals surface area contributed by atoms with Gasteiger partial charge in [0.15, 0.2) is 0 Å². The summed E-state index contributed by atoms with van der Waals surface area (Å²) in [5, 5.41) is 6.39. The molecule has 2 atom stereocenters. The van der Waals surface area contributed by atoms with Crippen molar-refractivity contribution in [1.82, 2.24) is 10.3 Å². The van der Waals surface area contributed by atoms with Crippen LogP contribution < -0.4 is 5.32 Å². The average molecular weight is 395 g/mol. The number of benzene rings is 1. The molecule has 6 rings (SSSR count). The first-order chi connectivity index (χ1) is 13.3. The van der Waals surface area contributed by atoms with Gasteiger partial charge in [0.2, 0.25) is 5.91 Å². The number of carbonyl (C=O) groups excluding carboxylic acids is 1. The Hall–Kier alpha value is -1.68. The van der Waals surface area contributed by atoms with Gasteiger partial charge in [0.1, 0.15) is 5.01 Å². The molecule has 0 spiro atoms. The zero-order valence-corrected chi connectivity index (χ0v) is 18.0. The molecule has 4 bridgehead atoms. The third kappa shape index (κ3) is 3.10. The third-order valence-electron chi connectivity index (χ3n) is 7.35. The van der Waals surface area contributed by atoms with Gasteiger partial charge in [-0.05, 0) is 68.3 Å². The van der Waals surface area contributed by atoms with E-state index in [9.17, 15) is 4.79 Å². The van der Waals surface area contributed by atoms with Crippen LogP contribution in [0.2, 0.25) is 0 Å². The molecular weight excluding hydrogens is 364 g/mol. The number of thiazole rings is 1. The lowest BCUT2D eigenvalue weighted by Crippen LogP contribution is -2.59. The maximum absolute atomic E-state index is 13.3. The number of amides is 1. The highest BCUT2D eigenvalue weighted by molar-refractivity contribution is 7.13. The second-order valence-corrected chi connectivity index (χ2v) is 11.5. The van der Waals surface area contributed by atoms with E-state index in [2.05, 4.69) is 55.7 Å². The Bertz CT molecular complexity index is 914. The highest BCUT2D eigenvalue weighted by atomic mass is 32.1. The molecule has 0 saturated heterocycles. The molecule has 28 heavy (non-hydrogen) atoms. The van der Waals surface area contributed by atoms with Gasteiger partial charge in [-0.1, -0.05) is 37.6 Å². The van der Waals surface area contributed by atoms with Gasteiger partial charge >= 0.3 is 0 Å². The van der Waals surface area contributed by atoms with E-state index in [4.69, 9.17) is 4.98 Å². The fourth-order valence-electron chi connectivity index (χ4n) is 7.36. The molecule has 1 aromatic carbocycles. The number of nitrogens with zero attached hydrogens (tertiary/aromatic N) is 1. The van der Waals surface area contributed by atoms with Crippen LogP contribution in [-0.4, -0.2) is 10.9 Å². The summed E-state index contributed by atoms with van der Waals surface area (Å²) in [6.07, 6.45) is 7.19. The van der Waals surface area contributed by atoms with Crippen LogP contribution in [0.1, 0.15) is 63.6 Å². The third-order valence-corrected chi connectivity index (χ3v) is 8.29. The Labute approximate surface area is 172 Å². The summed E-state index contributed by atoms with van der Waals surface area (Å²) < 4.78 is 0. The number of hydrogen-bond donors (Lipinski definition) is 1. The normalized spacial score (nSPS) is 35.9. The van der Waals surface area contributed by atoms with E-state index >= 15 is 0 Å². The molecule has 4 aliphatic rings. The first-order valence-electron chi connectivity index (χ1n) is 10.6. The number of rotatable bonds is 4. The molecule has 1 heterocycles. The Morgan fingerprint density at radius 1 is 1.18 bits per heavy atom. The highest BCUT2D eigenvalue weighted by Crippen LogP contribution is 2.69. The molecule has 4 heteroatoms. The lowest BCUT2D eigenvalue weighted by molar-refractivity contribution is -0.170. The molecule has 1 N–H and O–H groups in total. The first-order valence-corrected chi connectivity index (χ1v) is 11.4. The Morgan fingerprint density at radius 2 is 1.93 bits per heavy atom. The second kappa shape index (κ2) is 6.16. The molecule has 4 aliphatic carbocycles. The van der Waals surface area contributed by atoms with Crippen LogP contribution in [0.5, 0.6) is 0 Å². The highest BCUT2D eigenvalue weighted by Gasteiger charge is 2.62. The zero-order valence-electron chi connectivity index (χ0n) is 17.2. The van der Waals surface area contributed by atoms with Crippen LogP contribution in [-0.2, 0) is 11.3 Å². The van der Waals surface area contributed by atoms with Crippen molar-refractivity contribution in [2.45, 2.75) is 65.8 Å². The summed E-state index contributed by atoms with van der Waals surface area (Å²) in [4.78, 5) is 18.1. The van der Waals surface area contributed by atoms with Gasteiger partial charge in [0.05, 0.1) is 17.7 Å². The van der Waals surface area contributed by atoms with Crippen molar-refractivity contribution in [1.29, 1.82) is 0 Å². The molecule has 1 amide bonds. The predicted octanol–water partition coefficient (Wildman–Crippen LogP) is 5.73. The van der Waals surface area contributed by atoms with Crippen molar-refractivity contribution in [3.05, 3.63) is 40.9 Å². The van der Waals surface area contributed by atoms with Crippen LogP contribution in [0.4, 0.5) is 0 Å². The second-order valence-electron chi connectivity index (χ2n) is 10.6. The Balaban J connectivity index is 1.30. The number of carbonyl (C=O) groups is 1. The minimum Gasteiger partial charge on any atom is -0.350 e. The van der Waals surface area contributed by atoms with E-state index in [-0.39, 0.29) is 11.3 Å². The standard InChI is InChI=1S/C24H30N2OS/c1-16-5-4-6-18(7-16)20-26-19(12-28-20)11-25-21(27)24-10-17-8-22(2,14-24)13-23(3,9-17)15-24/h4-7,12,17H,8-11,13-15H2,1-3H3,(H,25,27)/t17?,22-,23-,24?/m0/s1. The summed E-state index contributed by atoms with van der Waals surface area (Å²) in [5.41, 5.74) is 3.96. The van der Waals surface area contributed by atoms with E-state index < -0.39 is 0 Å². The molecule has 0 radical (unpaired) electrons. The summed E-state index contributed by atoms with van der Waals surface area (Å²) in [6, 6.07) is 8.44. The van der Waals surface area contributed by atoms with E-state index in [0.29, 0.717) is 17.4 Å². The predicted molar refractivity (Wildman–Crippen MR) is 114 cm³/mol. The number of aryl methyl sites for hydroxylation is 1. The quantitative estimate of drug-likeness (QED) is 0.719. The lowest BCUT2D eigenvalue weighted by Gasteiger charge is -2.64. The van der Waals surface area contributed by atoms with Crippen molar-refractivity contribution >= 4 is 17.2 Å². The fraction of sp³-hybridized carbons (Fsp3) is 0.583. The SMILES string of the molecule is Cc1cccc(-c2nc(CNC(=O)C34CC5C[C@](C)(C3)C[C@](C)(C5)C4)cs2)c1. The van der Waals surface area contributed by atoms with Crippen LogP contribution in [0, 0.1) is 29.1 Å². The minimum atomic E-state index is -0.141. The van der Waals surface area contributed by atoms with Crippen molar-refractivity contribution in [2.24, 2.45) is 22.2 Å². The van der Waals surface area contributed by atoms with Gasteiger partial charge < -0.3 is 5.32 Å². The van der Waals surface area contributed by atoms with Gasteiger partial charge in [0, 0.05) is 10.9 Å². The van der Waals surface area contributed by atoms with Gasteiger partial charge in [-0.2, -0.15) is 0 Å². The monoisotopic (exact) mass is 394 g/mol. The molecule has 3 nitrogen and oxygen atoms in total. The van der Waals surface area contributed by atoms with Gasteiger partial charge in [0.25, 0.3) is 0 Å². The van der Waals surface area contributed by atoms with E-state index in [1.165, 1.54) is 24.8 Å². The zero-order chi connectivity index (χ0) is 19.6. The van der Waals surface area contributed by atoms with E-state index in [0.717, 1.165) is 41.4 Å². The molecule has 4 saturated carbocycles. The van der Waals surface area contributed by atoms with Crippen molar-refractivity contribution in [3.63, 3.8) is 0 Å². The van der Waals surface area contributed by atoms with Crippen molar-refractivity contribution in [3.8, 4) is 10.6 Å². The summed E-state index contributed by atoms with van der Waals surface area (Å²) in [7, 11) is 0. The first kappa shape index (κ1) is 18.4. The molecule has 2 aromatic rings. The molecule has 0 aliphatic heterocycles. The van der Waals surface area contributed by atoms with Crippen molar-refractivity contribution < 1.29 is 4.79 Å². The maximum atomic E-state index is 13.3. The van der Waals surface area contributed by atoms with Gasteiger partial charge in [-0.25, -0.2) is 4.98 Å². The van der Waals surface area contributed by atoms with Crippen molar-refractivity contribution in [2.75, 3.05) is 0 Å². The number of hydrogen-bond acceptors (Lipinski definition) is 3. The Kier molecular flexibility index (Phi) is 4.04. The summed E-state index contributed by atoms with van der Waals surface area (Å²) >= 11 is 1.66. The van der Waals surface area contributed by atoms with E-state index in [1.54, 1.807) is 11.3 Å². The van der Waals surface area contributed by atoms with Gasteiger partial charge in [-0.15, -0.1) is 11.3 Å². The van der Waals surface area contributed by atoms with Crippen LogP contribution in [0.25, 0.3) is 10.6 Å². The average Bonchev–Trinajstić information content (AvgIpc) is 3.05. The van der Waals surface area contributed by atoms with E-state index in [1.807, 2.05) is 0 Å². The smallest absolute Gasteiger partial charge is 0.226 e. The lowest BCUT2D eigenvalue weighted by atomic mass is 9.40. The molecule has 0 unspecified atom stereocenters. The summed E-state index contributed by atoms with van der Waals surface area (Å²) in [6.45, 7) is 7.49. The van der Waals surface area contributed by atoms with Crippen LogP contribution in [0.15, 0.2) is 29.6 Å². The summed E-state index contributed by atoms with van der Waals surface area (Å²) in [5.74, 6) is 1.02. The molecule has 1 aromatic heterocycles. The largest absolute Gasteiger partial charge is 0.350 e. The molecule has 148 valence electrons. The van der Waals surface area contributed by atoms with Crippen LogP contribution in [0.3, 0.4) is 0 Å². The maximum Gasteiger partial charge on any atom is 0.226 e. The van der Waals surface area contributed by atoms with Crippen LogP contribution >= 0.6 is 11.3 Å². The fourth-order valence-corrected chi connectivity index (χ4v) is 8.17. The topological polar surface area (TPSA) is 42.0 Å².